The highest BCUT2D eigenvalue weighted by Crippen LogP contribution is 2.42. The summed E-state index contributed by atoms with van der Waals surface area (Å²) in [6.07, 6.45) is 1.94. The van der Waals surface area contributed by atoms with Crippen LogP contribution in [0.2, 0.25) is 0 Å². The van der Waals surface area contributed by atoms with Gasteiger partial charge in [-0.05, 0) is 24.3 Å². The quantitative estimate of drug-likeness (QED) is 0.208. The fourth-order valence-corrected chi connectivity index (χ4v) is 7.71. The molecule has 5 aromatic carbocycles. The number of benzene rings is 5. The van der Waals surface area contributed by atoms with Gasteiger partial charge in [-0.25, -0.2) is 9.97 Å². The fourth-order valence-electron chi connectivity index (χ4n) is 6.56. The van der Waals surface area contributed by atoms with E-state index >= 15 is 0 Å². The van der Waals surface area contributed by atoms with E-state index in [-0.39, 0.29) is 0 Å². The smallest absolute Gasteiger partial charge is 0.235 e. The number of para-hydroxylation sites is 2. The maximum atomic E-state index is 6.43. The first-order valence-corrected chi connectivity index (χ1v) is 15.0. The maximum absolute atomic E-state index is 6.43. The number of rotatable bonds is 2. The van der Waals surface area contributed by atoms with Gasteiger partial charge in [-0.1, -0.05) is 91.0 Å². The van der Waals surface area contributed by atoms with E-state index < -0.39 is 0 Å². The van der Waals surface area contributed by atoms with E-state index in [4.69, 9.17) is 19.4 Å². The standard InChI is InChI=1S/C37H20N4OS/c1-2-10-21(11-3-1)31-36-33(25-14-6-9-17-30(25)43-36)40-37(39-31)41-28-15-7-4-12-22(28)24-18-19-26-32(34(24)41)38-20-27-23-13-5-8-16-29(23)42-35(26)27/h1-20H. The van der Waals surface area contributed by atoms with Crippen molar-refractivity contribution in [3.8, 4) is 17.2 Å². The number of furan rings is 1. The number of fused-ring (bicyclic) bond motifs is 12. The van der Waals surface area contributed by atoms with Crippen LogP contribution in [-0.4, -0.2) is 19.5 Å². The molecule has 10 rings (SSSR count). The van der Waals surface area contributed by atoms with Gasteiger partial charge in [-0.15, -0.1) is 11.3 Å². The molecule has 0 atom stereocenters. The van der Waals surface area contributed by atoms with Gasteiger partial charge in [0, 0.05) is 48.8 Å². The summed E-state index contributed by atoms with van der Waals surface area (Å²) in [6.45, 7) is 0. The first-order valence-electron chi connectivity index (χ1n) is 14.2. The Morgan fingerprint density at radius 1 is 0.581 bits per heavy atom. The molecule has 0 radical (unpaired) electrons. The van der Waals surface area contributed by atoms with Crippen molar-refractivity contribution in [1.29, 1.82) is 0 Å². The maximum Gasteiger partial charge on any atom is 0.235 e. The van der Waals surface area contributed by atoms with Gasteiger partial charge in [0.25, 0.3) is 0 Å². The highest BCUT2D eigenvalue weighted by atomic mass is 32.1. The summed E-state index contributed by atoms with van der Waals surface area (Å²) < 4.78 is 10.9. The Bertz CT molecular complexity index is 2740. The second-order valence-corrected chi connectivity index (χ2v) is 11.9. The lowest BCUT2D eigenvalue weighted by molar-refractivity contribution is 0.672. The molecule has 0 saturated carbocycles. The monoisotopic (exact) mass is 568 g/mol. The topological polar surface area (TPSA) is 56.7 Å². The molecule has 10 aromatic rings. The predicted molar refractivity (Wildman–Crippen MR) is 177 cm³/mol. The molecular formula is C37H20N4OS. The number of hydrogen-bond acceptors (Lipinski definition) is 5. The van der Waals surface area contributed by atoms with Gasteiger partial charge in [0.1, 0.15) is 11.2 Å². The molecule has 0 aliphatic carbocycles. The number of pyridine rings is 1. The van der Waals surface area contributed by atoms with Crippen LogP contribution in [0.4, 0.5) is 0 Å². The van der Waals surface area contributed by atoms with Crippen LogP contribution in [0, 0.1) is 0 Å². The van der Waals surface area contributed by atoms with Crippen LogP contribution in [0.1, 0.15) is 0 Å². The van der Waals surface area contributed by atoms with Gasteiger partial charge in [-0.3, -0.25) is 9.55 Å². The summed E-state index contributed by atoms with van der Waals surface area (Å²) in [6, 6.07) is 39.8. The van der Waals surface area contributed by atoms with Crippen molar-refractivity contribution in [2.75, 3.05) is 0 Å². The molecule has 0 aliphatic rings. The second-order valence-electron chi connectivity index (χ2n) is 10.8. The SMILES string of the molecule is c1ccc(-c2nc(-n3c4ccccc4c4ccc5c(ncc6c7ccccc7oc65)c43)nc3c2sc2ccccc23)cc1. The van der Waals surface area contributed by atoms with E-state index in [2.05, 4.69) is 95.6 Å². The Labute approximate surface area is 248 Å². The molecule has 5 heterocycles. The molecular weight excluding hydrogens is 549 g/mol. The van der Waals surface area contributed by atoms with Crippen molar-refractivity contribution >= 4 is 86.3 Å². The number of thiophene rings is 1. The third-order valence-electron chi connectivity index (χ3n) is 8.47. The average molecular weight is 569 g/mol. The second kappa shape index (κ2) is 8.47. The van der Waals surface area contributed by atoms with Crippen molar-refractivity contribution in [3.63, 3.8) is 0 Å². The third-order valence-corrected chi connectivity index (χ3v) is 9.63. The van der Waals surface area contributed by atoms with Gasteiger partial charge in [0.2, 0.25) is 5.95 Å². The highest BCUT2D eigenvalue weighted by Gasteiger charge is 2.22. The molecule has 0 N–H and O–H groups in total. The van der Waals surface area contributed by atoms with Crippen molar-refractivity contribution in [1.82, 2.24) is 19.5 Å². The van der Waals surface area contributed by atoms with E-state index in [0.29, 0.717) is 5.95 Å². The van der Waals surface area contributed by atoms with E-state index in [9.17, 15) is 0 Å². The van der Waals surface area contributed by atoms with Gasteiger partial charge < -0.3 is 4.42 Å². The molecule has 0 amide bonds. The summed E-state index contributed by atoms with van der Waals surface area (Å²) in [5.74, 6) is 0.625. The minimum Gasteiger partial charge on any atom is -0.455 e. The molecule has 6 heteroatoms. The molecule has 0 aliphatic heterocycles. The third kappa shape index (κ3) is 3.13. The molecule has 43 heavy (non-hydrogen) atoms. The molecule has 0 fully saturated rings. The van der Waals surface area contributed by atoms with Gasteiger partial charge in [-0.2, -0.15) is 0 Å². The van der Waals surface area contributed by atoms with Crippen molar-refractivity contribution in [2.24, 2.45) is 0 Å². The van der Waals surface area contributed by atoms with Crippen molar-refractivity contribution in [3.05, 3.63) is 121 Å². The highest BCUT2D eigenvalue weighted by molar-refractivity contribution is 7.26. The Balaban J connectivity index is 1.39. The van der Waals surface area contributed by atoms with E-state index in [1.54, 1.807) is 11.3 Å². The minimum atomic E-state index is 0.625. The molecule has 0 spiro atoms. The van der Waals surface area contributed by atoms with E-state index in [1.807, 2.05) is 30.5 Å². The van der Waals surface area contributed by atoms with Gasteiger partial charge in [0.05, 0.1) is 32.5 Å². The van der Waals surface area contributed by atoms with Crippen LogP contribution < -0.4 is 0 Å². The van der Waals surface area contributed by atoms with Gasteiger partial charge >= 0.3 is 0 Å². The lowest BCUT2D eigenvalue weighted by atomic mass is 10.1. The average Bonchev–Trinajstić information content (AvgIpc) is 3.74. The predicted octanol–water partition coefficient (Wildman–Crippen LogP) is 10.1. The zero-order valence-electron chi connectivity index (χ0n) is 22.7. The summed E-state index contributed by atoms with van der Waals surface area (Å²) in [4.78, 5) is 15.7. The normalized spacial score (nSPS) is 12.2. The Morgan fingerprint density at radius 2 is 1.33 bits per heavy atom. The zero-order chi connectivity index (χ0) is 28.1. The van der Waals surface area contributed by atoms with Crippen LogP contribution in [0.15, 0.2) is 126 Å². The van der Waals surface area contributed by atoms with Crippen LogP contribution in [0.5, 0.6) is 0 Å². The number of hydrogen-bond donors (Lipinski definition) is 0. The number of nitrogens with zero attached hydrogens (tertiary/aromatic N) is 4. The van der Waals surface area contributed by atoms with Crippen LogP contribution in [-0.2, 0) is 0 Å². The number of aromatic nitrogens is 4. The molecule has 5 nitrogen and oxygen atoms in total. The van der Waals surface area contributed by atoms with Crippen LogP contribution in [0.25, 0.3) is 92.2 Å². The summed E-state index contributed by atoms with van der Waals surface area (Å²) in [5.41, 5.74) is 7.53. The first kappa shape index (κ1) is 23.0. The minimum absolute atomic E-state index is 0.625. The van der Waals surface area contributed by atoms with E-state index in [1.165, 1.54) is 4.70 Å². The zero-order valence-corrected chi connectivity index (χ0v) is 23.5. The van der Waals surface area contributed by atoms with E-state index in [0.717, 1.165) is 81.5 Å². The summed E-state index contributed by atoms with van der Waals surface area (Å²) in [7, 11) is 0. The fraction of sp³-hybridized carbons (Fsp3) is 0. The van der Waals surface area contributed by atoms with Crippen LogP contribution in [0.3, 0.4) is 0 Å². The Morgan fingerprint density at radius 3 is 2.23 bits per heavy atom. The van der Waals surface area contributed by atoms with Crippen LogP contribution >= 0.6 is 11.3 Å². The first-order chi connectivity index (χ1) is 21.3. The molecule has 0 unspecified atom stereocenters. The summed E-state index contributed by atoms with van der Waals surface area (Å²) in [5, 5.41) is 6.42. The van der Waals surface area contributed by atoms with Crippen molar-refractivity contribution in [2.45, 2.75) is 0 Å². The Hall–Kier alpha value is -5.59. The lowest BCUT2D eigenvalue weighted by Crippen LogP contribution is -2.03. The summed E-state index contributed by atoms with van der Waals surface area (Å²) >= 11 is 1.74. The molecule has 200 valence electrons. The van der Waals surface area contributed by atoms with Gasteiger partial charge in [0.15, 0.2) is 0 Å². The molecule has 5 aromatic heterocycles. The molecule has 0 bridgehead atoms. The largest absolute Gasteiger partial charge is 0.455 e. The van der Waals surface area contributed by atoms with Crippen molar-refractivity contribution < 1.29 is 4.42 Å². The lowest BCUT2D eigenvalue weighted by Gasteiger charge is -2.11. The molecule has 0 saturated heterocycles. The Kier molecular flexibility index (Phi) is 4.54.